The summed E-state index contributed by atoms with van der Waals surface area (Å²) < 4.78 is 0. The third kappa shape index (κ3) is 4.13. The van der Waals surface area contributed by atoms with Crippen molar-refractivity contribution in [1.82, 2.24) is 15.2 Å². The lowest BCUT2D eigenvalue weighted by atomic mass is 10.2. The average Bonchev–Trinajstić information content (AvgIpc) is 3.11. The third-order valence-electron chi connectivity index (χ3n) is 4.25. The average molecular weight is 312 g/mol. The molecule has 5 heteroatoms. The Hall–Kier alpha value is -2.27. The number of amides is 1. The second kappa shape index (κ2) is 7.33. The highest BCUT2D eigenvalue weighted by Crippen LogP contribution is 2.15. The van der Waals surface area contributed by atoms with Gasteiger partial charge in [-0.1, -0.05) is 18.2 Å². The summed E-state index contributed by atoms with van der Waals surface area (Å²) in [5.41, 5.74) is 1.91. The first-order valence-electron chi connectivity index (χ1n) is 8.19. The van der Waals surface area contributed by atoms with E-state index in [4.69, 9.17) is 0 Å². The van der Waals surface area contributed by atoms with Gasteiger partial charge in [0.2, 0.25) is 0 Å². The predicted molar refractivity (Wildman–Crippen MR) is 92.8 cm³/mol. The summed E-state index contributed by atoms with van der Waals surface area (Å²) in [7, 11) is 0. The van der Waals surface area contributed by atoms with Gasteiger partial charge >= 0.3 is 0 Å². The van der Waals surface area contributed by atoms with E-state index in [1.54, 1.807) is 12.3 Å². The maximum Gasteiger partial charge on any atom is 0.267 e. The van der Waals surface area contributed by atoms with Crippen LogP contribution in [0.5, 0.6) is 0 Å². The Kier molecular flexibility index (Phi) is 4.98. The Morgan fingerprint density at radius 3 is 2.52 bits per heavy atom. The van der Waals surface area contributed by atoms with Crippen molar-refractivity contribution in [2.45, 2.75) is 13.0 Å². The van der Waals surface area contributed by atoms with Crippen LogP contribution in [-0.4, -0.2) is 54.6 Å². The van der Waals surface area contributed by atoms with E-state index >= 15 is 0 Å². The second-order valence-electron chi connectivity index (χ2n) is 6.08. The van der Waals surface area contributed by atoms with Crippen molar-refractivity contribution in [1.29, 1.82) is 0 Å². The molecule has 1 aromatic heterocycles. The number of hydrogen-bond acceptors (Lipinski definition) is 3. The summed E-state index contributed by atoms with van der Waals surface area (Å²) in [6.07, 6.45) is 1.77. The van der Waals surface area contributed by atoms with Crippen LogP contribution < -0.4 is 10.2 Å². The van der Waals surface area contributed by atoms with Gasteiger partial charge in [-0.2, -0.15) is 0 Å². The van der Waals surface area contributed by atoms with Gasteiger partial charge in [0.05, 0.1) is 0 Å². The number of anilines is 1. The molecule has 0 bridgehead atoms. The Morgan fingerprint density at radius 1 is 1.13 bits per heavy atom. The van der Waals surface area contributed by atoms with Crippen LogP contribution in [0.2, 0.25) is 0 Å². The number of carbonyl (C=O) groups excluding carboxylic acids is 1. The summed E-state index contributed by atoms with van der Waals surface area (Å²) in [4.78, 5) is 19.8. The molecule has 122 valence electrons. The Balaban J connectivity index is 1.44. The number of H-pyrrole nitrogens is 1. The third-order valence-corrected chi connectivity index (χ3v) is 4.25. The molecule has 3 rings (SSSR count). The minimum absolute atomic E-state index is 0.0366. The minimum Gasteiger partial charge on any atom is -0.369 e. The number of aromatic nitrogens is 1. The van der Waals surface area contributed by atoms with Crippen LogP contribution in [0, 0.1) is 0 Å². The maximum atomic E-state index is 12.0. The molecule has 1 amide bonds. The molecule has 2 heterocycles. The molecular formula is C18H24N4O. The first kappa shape index (κ1) is 15.6. The lowest BCUT2D eigenvalue weighted by Crippen LogP contribution is -2.50. The van der Waals surface area contributed by atoms with E-state index in [9.17, 15) is 4.79 Å². The summed E-state index contributed by atoms with van der Waals surface area (Å²) in [6.45, 7) is 7.05. The van der Waals surface area contributed by atoms with Gasteiger partial charge in [-0.05, 0) is 31.2 Å². The van der Waals surface area contributed by atoms with Crippen LogP contribution in [0.1, 0.15) is 17.4 Å². The number of hydrogen-bond donors (Lipinski definition) is 2. The lowest BCUT2D eigenvalue weighted by Gasteiger charge is -2.37. The van der Waals surface area contributed by atoms with Crippen LogP contribution in [0.3, 0.4) is 0 Å². The van der Waals surface area contributed by atoms with Crippen LogP contribution in [-0.2, 0) is 0 Å². The zero-order chi connectivity index (χ0) is 16.1. The molecule has 1 fully saturated rings. The minimum atomic E-state index is -0.0366. The highest BCUT2D eigenvalue weighted by atomic mass is 16.1. The van der Waals surface area contributed by atoms with Crippen molar-refractivity contribution < 1.29 is 4.79 Å². The van der Waals surface area contributed by atoms with Gasteiger partial charge in [-0.15, -0.1) is 0 Å². The number of para-hydroxylation sites is 1. The van der Waals surface area contributed by atoms with E-state index in [0.29, 0.717) is 5.69 Å². The summed E-state index contributed by atoms with van der Waals surface area (Å²) >= 11 is 0. The number of nitrogens with zero attached hydrogens (tertiary/aromatic N) is 2. The standard InChI is InChI=1S/C18H24N4O/c1-15(20-18(23)17-8-5-9-19-17)14-21-10-12-22(13-11-21)16-6-3-2-4-7-16/h2-9,15,19H,10-14H2,1H3,(H,20,23). The van der Waals surface area contributed by atoms with Gasteiger partial charge in [-0.25, -0.2) is 0 Å². The monoisotopic (exact) mass is 312 g/mol. The van der Waals surface area contributed by atoms with Crippen molar-refractivity contribution in [3.63, 3.8) is 0 Å². The van der Waals surface area contributed by atoms with Crippen LogP contribution in [0.4, 0.5) is 5.69 Å². The first-order chi connectivity index (χ1) is 11.2. The van der Waals surface area contributed by atoms with Gasteiger partial charge in [0.15, 0.2) is 0 Å². The fraction of sp³-hybridized carbons (Fsp3) is 0.389. The van der Waals surface area contributed by atoms with Gasteiger partial charge < -0.3 is 15.2 Å². The molecule has 5 nitrogen and oxygen atoms in total. The molecule has 1 aliphatic heterocycles. The van der Waals surface area contributed by atoms with Crippen LogP contribution >= 0.6 is 0 Å². The van der Waals surface area contributed by atoms with E-state index < -0.39 is 0 Å². The number of nitrogens with one attached hydrogen (secondary N) is 2. The van der Waals surface area contributed by atoms with E-state index in [1.807, 2.05) is 12.1 Å². The number of aromatic amines is 1. The highest BCUT2D eigenvalue weighted by Gasteiger charge is 2.19. The molecule has 0 spiro atoms. The first-order valence-corrected chi connectivity index (χ1v) is 8.19. The number of benzene rings is 1. The molecule has 1 aromatic carbocycles. The molecule has 1 saturated heterocycles. The van der Waals surface area contributed by atoms with E-state index in [-0.39, 0.29) is 11.9 Å². The molecular weight excluding hydrogens is 288 g/mol. The Bertz CT molecular complexity index is 603. The number of carbonyl (C=O) groups is 1. The quantitative estimate of drug-likeness (QED) is 0.887. The molecule has 0 saturated carbocycles. The van der Waals surface area contributed by atoms with E-state index in [1.165, 1.54) is 5.69 Å². The largest absolute Gasteiger partial charge is 0.369 e. The molecule has 1 unspecified atom stereocenters. The maximum absolute atomic E-state index is 12.0. The second-order valence-corrected chi connectivity index (χ2v) is 6.08. The van der Waals surface area contributed by atoms with Gasteiger partial charge in [-0.3, -0.25) is 9.69 Å². The Labute approximate surface area is 137 Å². The van der Waals surface area contributed by atoms with E-state index in [0.717, 1.165) is 32.7 Å². The topological polar surface area (TPSA) is 51.4 Å². The van der Waals surface area contributed by atoms with Crippen molar-refractivity contribution >= 4 is 11.6 Å². The fourth-order valence-electron chi connectivity index (χ4n) is 3.03. The summed E-state index contributed by atoms with van der Waals surface area (Å²) in [6, 6.07) is 14.3. The zero-order valence-corrected chi connectivity index (χ0v) is 13.5. The van der Waals surface area contributed by atoms with E-state index in [2.05, 4.69) is 51.3 Å². The fourth-order valence-corrected chi connectivity index (χ4v) is 3.03. The van der Waals surface area contributed by atoms with Gasteiger partial charge in [0.25, 0.3) is 5.91 Å². The number of rotatable bonds is 5. The molecule has 2 aromatic rings. The van der Waals surface area contributed by atoms with Gasteiger partial charge in [0.1, 0.15) is 5.69 Å². The van der Waals surface area contributed by atoms with Crippen LogP contribution in [0.15, 0.2) is 48.7 Å². The lowest BCUT2D eigenvalue weighted by molar-refractivity contribution is 0.0923. The van der Waals surface area contributed by atoms with Crippen molar-refractivity contribution in [3.8, 4) is 0 Å². The molecule has 1 aliphatic rings. The smallest absolute Gasteiger partial charge is 0.267 e. The molecule has 1 atom stereocenters. The molecule has 0 radical (unpaired) electrons. The SMILES string of the molecule is CC(CN1CCN(c2ccccc2)CC1)NC(=O)c1ccc[nH]1. The van der Waals surface area contributed by atoms with Crippen LogP contribution in [0.25, 0.3) is 0 Å². The molecule has 2 N–H and O–H groups in total. The molecule has 23 heavy (non-hydrogen) atoms. The van der Waals surface area contributed by atoms with Crippen molar-refractivity contribution in [2.24, 2.45) is 0 Å². The highest BCUT2D eigenvalue weighted by molar-refractivity contribution is 5.92. The van der Waals surface area contributed by atoms with Crippen molar-refractivity contribution in [3.05, 3.63) is 54.4 Å². The predicted octanol–water partition coefficient (Wildman–Crippen LogP) is 1.96. The summed E-state index contributed by atoms with van der Waals surface area (Å²) in [5.74, 6) is -0.0366. The normalized spacial score (nSPS) is 17.0. The van der Waals surface area contributed by atoms with Crippen molar-refractivity contribution in [2.75, 3.05) is 37.6 Å². The Morgan fingerprint density at radius 2 is 1.87 bits per heavy atom. The zero-order valence-electron chi connectivity index (χ0n) is 13.5. The van der Waals surface area contributed by atoms with Gasteiger partial charge in [0, 0.05) is 50.6 Å². The summed E-state index contributed by atoms with van der Waals surface area (Å²) in [5, 5.41) is 3.05. The number of piperazine rings is 1. The molecule has 0 aliphatic carbocycles.